The molecule has 0 aliphatic rings. The molecule has 5 heteroatoms. The Balaban J connectivity index is 2.00. The van der Waals surface area contributed by atoms with Crippen molar-refractivity contribution in [2.75, 3.05) is 18.4 Å². The fraction of sp³-hybridized carbons (Fsp3) is 0.467. The van der Waals surface area contributed by atoms with Crippen molar-refractivity contribution >= 4 is 5.69 Å². The first-order chi connectivity index (χ1) is 9.61. The van der Waals surface area contributed by atoms with Crippen molar-refractivity contribution in [2.24, 2.45) is 17.6 Å². The lowest BCUT2D eigenvalue weighted by atomic mass is 9.96. The molecule has 0 fully saturated rings. The molecule has 0 aliphatic carbocycles. The van der Waals surface area contributed by atoms with Gasteiger partial charge in [-0.25, -0.2) is 9.97 Å². The van der Waals surface area contributed by atoms with E-state index in [1.807, 2.05) is 36.0 Å². The van der Waals surface area contributed by atoms with E-state index in [-0.39, 0.29) is 0 Å². The SMILES string of the molecule is Cc1nccn1-c1ccc(NCC(CN)C(C)C)cn1. The second kappa shape index (κ2) is 6.52. The number of nitrogens with one attached hydrogen (secondary N) is 1. The van der Waals surface area contributed by atoms with Gasteiger partial charge in [0.15, 0.2) is 0 Å². The van der Waals surface area contributed by atoms with Crippen LogP contribution < -0.4 is 11.1 Å². The molecule has 108 valence electrons. The predicted molar refractivity (Wildman–Crippen MR) is 82.0 cm³/mol. The molecule has 0 saturated heterocycles. The van der Waals surface area contributed by atoms with Crippen LogP contribution in [-0.4, -0.2) is 27.6 Å². The van der Waals surface area contributed by atoms with Gasteiger partial charge in [0.05, 0.1) is 11.9 Å². The van der Waals surface area contributed by atoms with Crippen LogP contribution in [0.4, 0.5) is 5.69 Å². The molecule has 0 spiro atoms. The van der Waals surface area contributed by atoms with Crippen molar-refractivity contribution in [3.05, 3.63) is 36.5 Å². The fourth-order valence-corrected chi connectivity index (χ4v) is 2.09. The van der Waals surface area contributed by atoms with E-state index in [9.17, 15) is 0 Å². The van der Waals surface area contributed by atoms with Gasteiger partial charge in [0.1, 0.15) is 11.6 Å². The lowest BCUT2D eigenvalue weighted by molar-refractivity contribution is 0.413. The highest BCUT2D eigenvalue weighted by atomic mass is 15.1. The summed E-state index contributed by atoms with van der Waals surface area (Å²) >= 11 is 0. The van der Waals surface area contributed by atoms with Crippen molar-refractivity contribution in [3.8, 4) is 5.82 Å². The maximum Gasteiger partial charge on any atom is 0.138 e. The average Bonchev–Trinajstić information content (AvgIpc) is 2.86. The standard InChI is InChI=1S/C15H23N5/c1-11(2)13(8-16)9-18-14-4-5-15(19-10-14)20-7-6-17-12(20)3/h4-7,10-11,13,18H,8-9,16H2,1-3H3. The van der Waals surface area contributed by atoms with Crippen molar-refractivity contribution in [1.29, 1.82) is 0 Å². The first-order valence-corrected chi connectivity index (χ1v) is 7.02. The molecule has 2 aromatic rings. The predicted octanol–water partition coefficient (Wildman–Crippen LogP) is 2.22. The van der Waals surface area contributed by atoms with Crippen LogP contribution in [0.3, 0.4) is 0 Å². The Morgan fingerprint density at radius 3 is 2.60 bits per heavy atom. The number of nitrogens with two attached hydrogens (primary N) is 1. The summed E-state index contributed by atoms with van der Waals surface area (Å²) in [6.07, 6.45) is 5.54. The van der Waals surface area contributed by atoms with Crippen LogP contribution in [0.1, 0.15) is 19.7 Å². The summed E-state index contributed by atoms with van der Waals surface area (Å²) in [5, 5.41) is 3.40. The van der Waals surface area contributed by atoms with Crippen LogP contribution in [-0.2, 0) is 0 Å². The summed E-state index contributed by atoms with van der Waals surface area (Å²) in [5.41, 5.74) is 6.80. The number of rotatable bonds is 6. The number of anilines is 1. The topological polar surface area (TPSA) is 68.8 Å². The van der Waals surface area contributed by atoms with Gasteiger partial charge in [-0.05, 0) is 37.4 Å². The minimum atomic E-state index is 0.477. The minimum absolute atomic E-state index is 0.477. The van der Waals surface area contributed by atoms with Crippen LogP contribution in [0, 0.1) is 18.8 Å². The Bertz CT molecular complexity index is 529. The molecule has 1 atom stereocenters. The summed E-state index contributed by atoms with van der Waals surface area (Å²) in [6, 6.07) is 4.03. The Hall–Kier alpha value is -1.88. The van der Waals surface area contributed by atoms with Crippen LogP contribution in [0.2, 0.25) is 0 Å². The highest BCUT2D eigenvalue weighted by Crippen LogP contribution is 2.14. The van der Waals surface area contributed by atoms with Gasteiger partial charge in [-0.3, -0.25) is 4.57 Å². The van der Waals surface area contributed by atoms with Crippen LogP contribution in [0.15, 0.2) is 30.7 Å². The Morgan fingerprint density at radius 1 is 1.30 bits per heavy atom. The van der Waals surface area contributed by atoms with Crippen molar-refractivity contribution in [2.45, 2.75) is 20.8 Å². The second-order valence-electron chi connectivity index (χ2n) is 5.37. The van der Waals surface area contributed by atoms with Gasteiger partial charge in [-0.2, -0.15) is 0 Å². The van der Waals surface area contributed by atoms with Gasteiger partial charge < -0.3 is 11.1 Å². The highest BCUT2D eigenvalue weighted by Gasteiger charge is 2.11. The van der Waals surface area contributed by atoms with Gasteiger partial charge in [0, 0.05) is 18.9 Å². The van der Waals surface area contributed by atoms with Crippen LogP contribution in [0.5, 0.6) is 0 Å². The first kappa shape index (κ1) is 14.5. The van der Waals surface area contributed by atoms with E-state index in [1.165, 1.54) is 0 Å². The molecule has 20 heavy (non-hydrogen) atoms. The average molecular weight is 273 g/mol. The second-order valence-corrected chi connectivity index (χ2v) is 5.37. The molecule has 2 aromatic heterocycles. The quantitative estimate of drug-likeness (QED) is 0.846. The first-order valence-electron chi connectivity index (χ1n) is 7.02. The maximum atomic E-state index is 5.78. The van der Waals surface area contributed by atoms with E-state index in [0.717, 1.165) is 23.9 Å². The number of aromatic nitrogens is 3. The summed E-state index contributed by atoms with van der Waals surface area (Å²) in [5.74, 6) is 2.87. The van der Waals surface area contributed by atoms with E-state index < -0.39 is 0 Å². The Morgan fingerprint density at radius 2 is 2.10 bits per heavy atom. The molecule has 0 bridgehead atoms. The Kier molecular flexibility index (Phi) is 4.74. The van der Waals surface area contributed by atoms with E-state index in [4.69, 9.17) is 5.73 Å². The van der Waals surface area contributed by atoms with Gasteiger partial charge in [0.25, 0.3) is 0 Å². The molecule has 1 unspecified atom stereocenters. The van der Waals surface area contributed by atoms with Gasteiger partial charge in [0.2, 0.25) is 0 Å². The third kappa shape index (κ3) is 3.36. The molecule has 0 radical (unpaired) electrons. The molecule has 5 nitrogen and oxygen atoms in total. The number of hydrogen-bond acceptors (Lipinski definition) is 4. The zero-order valence-electron chi connectivity index (χ0n) is 12.4. The number of pyridine rings is 1. The maximum absolute atomic E-state index is 5.78. The smallest absolute Gasteiger partial charge is 0.138 e. The molecule has 2 heterocycles. The summed E-state index contributed by atoms with van der Waals surface area (Å²) in [4.78, 5) is 8.66. The van der Waals surface area contributed by atoms with Gasteiger partial charge in [-0.1, -0.05) is 13.8 Å². The molecule has 0 saturated carbocycles. The number of hydrogen-bond donors (Lipinski definition) is 2. The molecule has 3 N–H and O–H groups in total. The minimum Gasteiger partial charge on any atom is -0.383 e. The van der Waals surface area contributed by atoms with E-state index in [1.54, 1.807) is 6.20 Å². The number of nitrogens with zero attached hydrogens (tertiary/aromatic N) is 3. The lowest BCUT2D eigenvalue weighted by Gasteiger charge is -2.19. The highest BCUT2D eigenvalue weighted by molar-refractivity contribution is 5.43. The van der Waals surface area contributed by atoms with Crippen molar-refractivity contribution in [3.63, 3.8) is 0 Å². The molecule has 2 rings (SSSR count). The molecule has 0 aliphatic heterocycles. The third-order valence-electron chi connectivity index (χ3n) is 3.63. The molecule has 0 amide bonds. The van der Waals surface area contributed by atoms with Crippen LogP contribution in [0.25, 0.3) is 5.82 Å². The lowest BCUT2D eigenvalue weighted by Crippen LogP contribution is -2.27. The van der Waals surface area contributed by atoms with E-state index in [2.05, 4.69) is 29.1 Å². The molecule has 0 aromatic carbocycles. The summed E-state index contributed by atoms with van der Waals surface area (Å²) in [6.45, 7) is 7.93. The van der Waals surface area contributed by atoms with Gasteiger partial charge >= 0.3 is 0 Å². The zero-order chi connectivity index (χ0) is 14.5. The monoisotopic (exact) mass is 273 g/mol. The van der Waals surface area contributed by atoms with Crippen molar-refractivity contribution in [1.82, 2.24) is 14.5 Å². The van der Waals surface area contributed by atoms with E-state index in [0.29, 0.717) is 18.4 Å². The fourth-order valence-electron chi connectivity index (χ4n) is 2.09. The van der Waals surface area contributed by atoms with E-state index >= 15 is 0 Å². The number of imidazole rings is 1. The largest absolute Gasteiger partial charge is 0.383 e. The third-order valence-corrected chi connectivity index (χ3v) is 3.63. The summed E-state index contributed by atoms with van der Waals surface area (Å²) in [7, 11) is 0. The summed E-state index contributed by atoms with van der Waals surface area (Å²) < 4.78 is 1.96. The zero-order valence-corrected chi connectivity index (χ0v) is 12.4. The Labute approximate surface area is 120 Å². The van der Waals surface area contributed by atoms with Crippen LogP contribution >= 0.6 is 0 Å². The van der Waals surface area contributed by atoms with Crippen molar-refractivity contribution < 1.29 is 0 Å². The van der Waals surface area contributed by atoms with Gasteiger partial charge in [-0.15, -0.1) is 0 Å². The number of aryl methyl sites for hydroxylation is 1. The molecular formula is C15H23N5. The molecular weight excluding hydrogens is 250 g/mol. The normalized spacial score (nSPS) is 12.7.